The maximum atomic E-state index is 12.9. The van der Waals surface area contributed by atoms with E-state index in [0.29, 0.717) is 29.8 Å². The predicted molar refractivity (Wildman–Crippen MR) is 95.9 cm³/mol. The second kappa shape index (κ2) is 6.84. The molecule has 1 aromatic heterocycles. The average Bonchev–Trinajstić information content (AvgIpc) is 3.05. The molecule has 0 radical (unpaired) electrons. The van der Waals surface area contributed by atoms with Crippen molar-refractivity contribution in [3.63, 3.8) is 0 Å². The molecule has 0 aliphatic heterocycles. The molecular formula is C20H24N2O3. The van der Waals surface area contributed by atoms with Crippen LogP contribution in [-0.2, 0) is 12.8 Å². The highest BCUT2D eigenvalue weighted by Gasteiger charge is 2.33. The molecule has 0 unspecified atom stereocenters. The van der Waals surface area contributed by atoms with Crippen LogP contribution in [0.2, 0.25) is 0 Å². The minimum atomic E-state index is -0.640. The van der Waals surface area contributed by atoms with E-state index in [1.54, 1.807) is 0 Å². The average molecular weight is 340 g/mol. The summed E-state index contributed by atoms with van der Waals surface area (Å²) in [5.74, 6) is -0.317. The van der Waals surface area contributed by atoms with E-state index in [4.69, 9.17) is 0 Å². The summed E-state index contributed by atoms with van der Waals surface area (Å²) in [5, 5.41) is 13.3. The van der Waals surface area contributed by atoms with Crippen molar-refractivity contribution in [1.29, 1.82) is 0 Å². The van der Waals surface area contributed by atoms with Crippen LogP contribution in [0.3, 0.4) is 0 Å². The van der Waals surface area contributed by atoms with Crippen molar-refractivity contribution in [3.05, 3.63) is 57.9 Å². The third-order valence-corrected chi connectivity index (χ3v) is 4.86. The number of rotatable bonds is 5. The van der Waals surface area contributed by atoms with Gasteiger partial charge in [-0.2, -0.15) is 0 Å². The number of fused-ring (bicyclic) bond motifs is 1. The molecule has 2 atom stereocenters. The fourth-order valence-corrected chi connectivity index (χ4v) is 3.81. The maximum absolute atomic E-state index is 12.9. The van der Waals surface area contributed by atoms with Gasteiger partial charge in [0.05, 0.1) is 12.1 Å². The molecular weight excluding hydrogens is 316 g/mol. The van der Waals surface area contributed by atoms with E-state index < -0.39 is 12.1 Å². The maximum Gasteiger partial charge on any atom is 0.268 e. The van der Waals surface area contributed by atoms with Gasteiger partial charge in [-0.15, -0.1) is 0 Å². The Morgan fingerprint density at radius 1 is 1.32 bits per heavy atom. The summed E-state index contributed by atoms with van der Waals surface area (Å²) < 4.78 is 0. The molecule has 25 heavy (non-hydrogen) atoms. The number of aromatic amines is 1. The topological polar surface area (TPSA) is 82.2 Å². The van der Waals surface area contributed by atoms with Crippen molar-refractivity contribution in [1.82, 2.24) is 10.3 Å². The van der Waals surface area contributed by atoms with E-state index in [-0.39, 0.29) is 11.7 Å². The van der Waals surface area contributed by atoms with Crippen LogP contribution in [0.4, 0.5) is 0 Å². The van der Waals surface area contributed by atoms with Crippen LogP contribution < -0.4 is 5.32 Å². The van der Waals surface area contributed by atoms with Gasteiger partial charge in [0.2, 0.25) is 0 Å². The lowest BCUT2D eigenvalue weighted by molar-refractivity contribution is 0.0853. The lowest BCUT2D eigenvalue weighted by atomic mass is 10.0. The first kappa shape index (κ1) is 17.4. The lowest BCUT2D eigenvalue weighted by Gasteiger charge is -2.18. The zero-order valence-electron chi connectivity index (χ0n) is 14.8. The van der Waals surface area contributed by atoms with Crippen LogP contribution in [0.25, 0.3) is 0 Å². The van der Waals surface area contributed by atoms with Gasteiger partial charge in [0, 0.05) is 17.7 Å². The van der Waals surface area contributed by atoms with E-state index in [2.05, 4.69) is 10.3 Å². The van der Waals surface area contributed by atoms with Crippen molar-refractivity contribution < 1.29 is 14.7 Å². The Morgan fingerprint density at radius 3 is 2.72 bits per heavy atom. The van der Waals surface area contributed by atoms with Gasteiger partial charge in [0.1, 0.15) is 5.69 Å². The number of aromatic nitrogens is 1. The molecule has 1 aliphatic carbocycles. The first-order valence-corrected chi connectivity index (χ1v) is 8.73. The molecule has 1 aliphatic rings. The molecule has 132 valence electrons. The Balaban J connectivity index is 1.92. The molecule has 0 bridgehead atoms. The number of ketones is 1. The highest BCUT2D eigenvalue weighted by Crippen LogP contribution is 2.32. The van der Waals surface area contributed by atoms with Crippen molar-refractivity contribution in [2.75, 3.05) is 0 Å². The number of benzene rings is 1. The molecule has 0 saturated carbocycles. The van der Waals surface area contributed by atoms with Gasteiger partial charge in [0.25, 0.3) is 5.91 Å². The zero-order chi connectivity index (χ0) is 18.1. The molecule has 0 saturated heterocycles. The predicted octanol–water partition coefficient (Wildman–Crippen LogP) is 2.87. The second-order valence-corrected chi connectivity index (χ2v) is 6.71. The molecule has 5 heteroatoms. The van der Waals surface area contributed by atoms with E-state index in [1.807, 2.05) is 38.1 Å². The Hall–Kier alpha value is -2.40. The van der Waals surface area contributed by atoms with Gasteiger partial charge in [0.15, 0.2) is 5.78 Å². The minimum absolute atomic E-state index is 0.0394. The number of Topliss-reactive ketones (excluding diaryl/α,β-unsaturated/α-hetero) is 1. The number of carbonyl (C=O) groups is 2. The summed E-state index contributed by atoms with van der Waals surface area (Å²) in [6.07, 6.45) is 1.39. The largest absolute Gasteiger partial charge is 0.390 e. The van der Waals surface area contributed by atoms with Crippen LogP contribution in [-0.4, -0.2) is 27.9 Å². The van der Waals surface area contributed by atoms with E-state index in [1.165, 1.54) is 6.92 Å². The molecule has 5 nitrogen and oxygen atoms in total. The minimum Gasteiger partial charge on any atom is -0.390 e. The van der Waals surface area contributed by atoms with E-state index >= 15 is 0 Å². The number of aliphatic hydroxyl groups excluding tert-OH is 1. The number of aryl methyl sites for hydroxylation is 1. The van der Waals surface area contributed by atoms with Gasteiger partial charge < -0.3 is 15.4 Å². The van der Waals surface area contributed by atoms with E-state index in [9.17, 15) is 14.7 Å². The normalized spacial score (nSPS) is 18.9. The highest BCUT2D eigenvalue weighted by atomic mass is 16.3. The number of aliphatic hydroxyl groups is 1. The van der Waals surface area contributed by atoms with Crippen LogP contribution >= 0.6 is 0 Å². The first-order chi connectivity index (χ1) is 11.9. The van der Waals surface area contributed by atoms with Crippen LogP contribution in [0.5, 0.6) is 0 Å². The van der Waals surface area contributed by atoms with Gasteiger partial charge in [-0.25, -0.2) is 0 Å². The smallest absolute Gasteiger partial charge is 0.268 e. The summed E-state index contributed by atoms with van der Waals surface area (Å²) in [4.78, 5) is 27.9. The molecule has 2 aromatic rings. The lowest BCUT2D eigenvalue weighted by Crippen LogP contribution is -2.34. The van der Waals surface area contributed by atoms with Crippen LogP contribution in [0.15, 0.2) is 24.3 Å². The molecule has 1 heterocycles. The number of amides is 1. The van der Waals surface area contributed by atoms with Crippen LogP contribution in [0.1, 0.15) is 69.5 Å². The highest BCUT2D eigenvalue weighted by molar-refractivity contribution is 6.02. The molecule has 3 rings (SSSR count). The van der Waals surface area contributed by atoms with E-state index in [0.717, 1.165) is 23.1 Å². The third kappa shape index (κ3) is 3.12. The Bertz CT molecular complexity index is 822. The fraction of sp³-hybridized carbons (Fsp3) is 0.400. The van der Waals surface area contributed by atoms with Crippen molar-refractivity contribution >= 4 is 11.7 Å². The first-order valence-electron chi connectivity index (χ1n) is 8.73. The molecule has 0 spiro atoms. The fourth-order valence-electron chi connectivity index (χ4n) is 3.81. The SMILES string of the molecule is CCCc1c(C(=O)N[C@H]2c3ccccc3C[C@H]2O)[nH]c(C)c1C(C)=O. The van der Waals surface area contributed by atoms with Gasteiger partial charge >= 0.3 is 0 Å². The molecule has 3 N–H and O–H groups in total. The number of hydrogen-bond donors (Lipinski definition) is 3. The Labute approximate surface area is 147 Å². The Morgan fingerprint density at radius 2 is 2.04 bits per heavy atom. The van der Waals surface area contributed by atoms with Gasteiger partial charge in [-0.05, 0) is 37.0 Å². The molecule has 1 amide bonds. The quantitative estimate of drug-likeness (QED) is 0.732. The zero-order valence-corrected chi connectivity index (χ0v) is 14.8. The van der Waals surface area contributed by atoms with Crippen molar-refractivity contribution in [2.24, 2.45) is 0 Å². The summed E-state index contributed by atoms with van der Waals surface area (Å²) in [5.41, 5.74) is 4.54. The standard InChI is InChI=1S/C20H24N2O3/c1-4-7-15-17(12(3)23)11(2)21-19(15)20(25)22-18-14-9-6-5-8-13(14)10-16(18)24/h5-6,8-9,16,18,21,24H,4,7,10H2,1-3H3,(H,22,25)/t16-,18+/m1/s1. The number of hydrogen-bond acceptors (Lipinski definition) is 3. The summed E-state index contributed by atoms with van der Waals surface area (Å²) in [7, 11) is 0. The van der Waals surface area contributed by atoms with Crippen molar-refractivity contribution in [3.8, 4) is 0 Å². The monoisotopic (exact) mass is 340 g/mol. The third-order valence-electron chi connectivity index (χ3n) is 4.86. The van der Waals surface area contributed by atoms with Crippen LogP contribution in [0, 0.1) is 6.92 Å². The summed E-state index contributed by atoms with van der Waals surface area (Å²) in [6.45, 7) is 5.35. The Kier molecular flexibility index (Phi) is 4.77. The summed E-state index contributed by atoms with van der Waals surface area (Å²) >= 11 is 0. The molecule has 0 fully saturated rings. The summed E-state index contributed by atoms with van der Waals surface area (Å²) in [6, 6.07) is 7.32. The number of nitrogens with one attached hydrogen (secondary N) is 2. The second-order valence-electron chi connectivity index (χ2n) is 6.71. The number of carbonyl (C=O) groups excluding carboxylic acids is 2. The van der Waals surface area contributed by atoms with Gasteiger partial charge in [-0.3, -0.25) is 9.59 Å². The number of H-pyrrole nitrogens is 1. The van der Waals surface area contributed by atoms with Crippen molar-refractivity contribution in [2.45, 2.75) is 52.2 Å². The molecule has 1 aromatic carbocycles. The van der Waals surface area contributed by atoms with Gasteiger partial charge in [-0.1, -0.05) is 37.6 Å².